The summed E-state index contributed by atoms with van der Waals surface area (Å²) in [6.45, 7) is 0.368. The number of carbonyl (C=O) groups is 1. The fraction of sp³-hybridized carbons (Fsp3) is 0.710. The van der Waals surface area contributed by atoms with Crippen molar-refractivity contribution >= 4 is 22.8 Å². The molecule has 1 spiro atoms. The first kappa shape index (κ1) is 24.4. The Morgan fingerprint density at radius 1 is 1.00 bits per heavy atom. The van der Waals surface area contributed by atoms with Crippen molar-refractivity contribution in [1.82, 2.24) is 14.5 Å². The highest BCUT2D eigenvalue weighted by Gasteiger charge is 2.74. The zero-order valence-electron chi connectivity index (χ0n) is 22.9. The molecule has 8 heteroatoms. The number of aliphatic carboxylic acids is 1. The third-order valence-corrected chi connectivity index (χ3v) is 11.9. The molecular weight excluding hydrogens is 492 g/mol. The zero-order valence-corrected chi connectivity index (χ0v) is 22.9. The number of fused-ring (bicyclic) bond motifs is 3. The number of para-hydroxylation sites is 2. The maximum absolute atomic E-state index is 14.2. The number of hydrogen-bond donors (Lipinski definition) is 1. The lowest BCUT2D eigenvalue weighted by atomic mass is 9.49. The summed E-state index contributed by atoms with van der Waals surface area (Å²) in [7, 11) is 1.53. The van der Waals surface area contributed by atoms with Crippen molar-refractivity contribution in [2.75, 3.05) is 18.6 Å². The number of piperidine rings is 1. The van der Waals surface area contributed by atoms with Crippen LogP contribution in [0.15, 0.2) is 29.1 Å². The van der Waals surface area contributed by atoms with Gasteiger partial charge in [0.1, 0.15) is 6.10 Å². The number of methoxy groups -OCH3 is 1. The third-order valence-electron chi connectivity index (χ3n) is 11.9. The minimum Gasteiger partial charge on any atom is -0.480 e. The fourth-order valence-electron chi connectivity index (χ4n) is 10.3. The number of rotatable bonds is 5. The van der Waals surface area contributed by atoms with Crippen LogP contribution in [0.3, 0.4) is 0 Å². The molecule has 39 heavy (non-hydrogen) atoms. The lowest BCUT2D eigenvalue weighted by Gasteiger charge is -2.74. The van der Waals surface area contributed by atoms with Gasteiger partial charge in [-0.1, -0.05) is 44.2 Å². The van der Waals surface area contributed by atoms with Gasteiger partial charge in [0.25, 0.3) is 5.56 Å². The minimum atomic E-state index is -0.977. The van der Waals surface area contributed by atoms with Crippen molar-refractivity contribution in [2.24, 2.45) is 17.3 Å². The van der Waals surface area contributed by atoms with Gasteiger partial charge in [0.15, 0.2) is 11.9 Å². The monoisotopic (exact) mass is 532 g/mol. The first-order chi connectivity index (χ1) is 19.0. The highest BCUT2D eigenvalue weighted by Crippen LogP contribution is 2.71. The van der Waals surface area contributed by atoms with Crippen molar-refractivity contribution in [1.29, 1.82) is 0 Å². The summed E-state index contributed by atoms with van der Waals surface area (Å²) < 4.78 is 7.42. The van der Waals surface area contributed by atoms with Gasteiger partial charge in [0.2, 0.25) is 0 Å². The summed E-state index contributed by atoms with van der Waals surface area (Å²) in [4.78, 5) is 35.6. The normalized spacial score (nSPS) is 41.1. The number of ether oxygens (including phenoxy) is 1. The molecule has 0 amide bonds. The van der Waals surface area contributed by atoms with E-state index in [-0.39, 0.29) is 22.8 Å². The van der Waals surface area contributed by atoms with Crippen LogP contribution >= 0.6 is 0 Å². The zero-order chi connectivity index (χ0) is 26.5. The van der Waals surface area contributed by atoms with Crippen LogP contribution < -0.4 is 10.5 Å². The molecule has 2 aliphatic heterocycles. The predicted molar refractivity (Wildman–Crippen MR) is 148 cm³/mol. The van der Waals surface area contributed by atoms with E-state index in [2.05, 4.69) is 4.90 Å². The van der Waals surface area contributed by atoms with E-state index in [0.29, 0.717) is 18.6 Å². The van der Waals surface area contributed by atoms with Crippen molar-refractivity contribution in [3.05, 3.63) is 34.6 Å². The number of anilines is 1. The highest BCUT2D eigenvalue weighted by atomic mass is 16.5. The number of likely N-dealkylation sites (tertiary alicyclic amines) is 1. The first-order valence-electron chi connectivity index (χ1n) is 15.3. The Morgan fingerprint density at radius 2 is 1.77 bits per heavy atom. The van der Waals surface area contributed by atoms with Gasteiger partial charge in [-0.25, -0.2) is 9.78 Å². The van der Waals surface area contributed by atoms with E-state index in [0.717, 1.165) is 35.3 Å². The van der Waals surface area contributed by atoms with E-state index in [1.807, 2.05) is 28.8 Å². The summed E-state index contributed by atoms with van der Waals surface area (Å²) in [6, 6.07) is 9.05. The van der Waals surface area contributed by atoms with Crippen LogP contribution in [-0.4, -0.2) is 69.5 Å². The summed E-state index contributed by atoms with van der Waals surface area (Å²) in [5, 5.41) is 9.88. The Bertz CT molecular complexity index is 1360. The Balaban J connectivity index is 1.15. The molecule has 8 atom stereocenters. The number of benzene rings is 1. The Labute approximate surface area is 229 Å². The number of carboxylic acids is 1. The molecule has 0 radical (unpaired) electrons. The van der Waals surface area contributed by atoms with Crippen molar-refractivity contribution in [2.45, 2.75) is 107 Å². The van der Waals surface area contributed by atoms with Gasteiger partial charge in [-0.3, -0.25) is 14.3 Å². The summed E-state index contributed by atoms with van der Waals surface area (Å²) in [6.07, 6.45) is 14.1. The Kier molecular flexibility index (Phi) is 5.48. The molecule has 8 unspecified atom stereocenters. The number of carboxylic acid groups (broad SMARTS) is 1. The lowest BCUT2D eigenvalue weighted by Crippen LogP contribution is -2.81. The third kappa shape index (κ3) is 3.27. The summed E-state index contributed by atoms with van der Waals surface area (Å²) in [5.41, 5.74) is 1.68. The molecule has 6 aliphatic rings. The summed E-state index contributed by atoms with van der Waals surface area (Å²) in [5.74, 6) is 1.10. The van der Waals surface area contributed by atoms with Gasteiger partial charge in [-0.2, -0.15) is 0 Å². The van der Waals surface area contributed by atoms with E-state index < -0.39 is 18.1 Å². The van der Waals surface area contributed by atoms with Crippen LogP contribution in [0.4, 0.5) is 5.82 Å². The van der Waals surface area contributed by atoms with Crippen LogP contribution in [0.1, 0.15) is 76.7 Å². The Morgan fingerprint density at radius 3 is 2.51 bits per heavy atom. The van der Waals surface area contributed by atoms with Gasteiger partial charge in [-0.05, 0) is 62.5 Å². The molecule has 6 fully saturated rings. The van der Waals surface area contributed by atoms with E-state index >= 15 is 0 Å². The van der Waals surface area contributed by atoms with Crippen LogP contribution in [-0.2, 0) is 9.53 Å². The van der Waals surface area contributed by atoms with Gasteiger partial charge >= 0.3 is 5.97 Å². The number of nitrogens with zero attached hydrogens (tertiary/aromatic N) is 4. The van der Waals surface area contributed by atoms with E-state index in [9.17, 15) is 14.7 Å². The van der Waals surface area contributed by atoms with Crippen molar-refractivity contribution in [3.63, 3.8) is 0 Å². The molecule has 1 aromatic heterocycles. The molecule has 4 saturated carbocycles. The fourth-order valence-corrected chi connectivity index (χ4v) is 10.3. The second kappa shape index (κ2) is 8.77. The average molecular weight is 533 g/mol. The van der Waals surface area contributed by atoms with E-state index in [4.69, 9.17) is 9.72 Å². The van der Waals surface area contributed by atoms with Gasteiger partial charge in [0, 0.05) is 43.2 Å². The largest absolute Gasteiger partial charge is 0.480 e. The number of hydrogen-bond acceptors (Lipinski definition) is 6. The first-order valence-corrected chi connectivity index (χ1v) is 15.3. The average Bonchev–Trinajstić information content (AvgIpc) is 3.25. The van der Waals surface area contributed by atoms with Crippen molar-refractivity contribution < 1.29 is 14.6 Å². The molecule has 8 rings (SSSR count). The van der Waals surface area contributed by atoms with E-state index in [1.165, 1.54) is 71.3 Å². The molecule has 4 aliphatic carbocycles. The van der Waals surface area contributed by atoms with E-state index in [1.54, 1.807) is 4.90 Å². The van der Waals surface area contributed by atoms with Crippen LogP contribution in [0.5, 0.6) is 0 Å². The molecule has 2 bridgehead atoms. The van der Waals surface area contributed by atoms with Gasteiger partial charge < -0.3 is 14.7 Å². The number of aromatic nitrogens is 2. The molecule has 2 saturated heterocycles. The summed E-state index contributed by atoms with van der Waals surface area (Å²) >= 11 is 0. The molecule has 208 valence electrons. The molecule has 8 nitrogen and oxygen atoms in total. The maximum Gasteiger partial charge on any atom is 0.329 e. The Hall–Kier alpha value is -2.45. The quantitative estimate of drug-likeness (QED) is 0.617. The van der Waals surface area contributed by atoms with Gasteiger partial charge in [0.05, 0.1) is 11.0 Å². The predicted octanol–water partition coefficient (Wildman–Crippen LogP) is 4.21. The maximum atomic E-state index is 14.2. The van der Waals surface area contributed by atoms with Crippen LogP contribution in [0.25, 0.3) is 11.0 Å². The van der Waals surface area contributed by atoms with Crippen LogP contribution in [0.2, 0.25) is 0 Å². The minimum absolute atomic E-state index is 0.139. The lowest BCUT2D eigenvalue weighted by molar-refractivity contribution is -0.245. The molecular formula is C31H40N4O4. The molecule has 2 aromatic rings. The standard InChI is InChI=1S/C31H40N4O4/c1-39-23-17-33(27(23)30(37)38)28-29(36)35(22-10-5-4-9-21(22)32-28)26-16-25-31(26)12-6-11-24(31)34(25)20-14-18-7-2-3-8-19(13-18)15-20/h4-5,9-10,18-20,23-27H,2-3,6-8,11-17H2,1H3,(H,37,38). The SMILES string of the molecule is COC1CN(c2nc3ccccc3n(C3CC4N(C5CC6CCCCC(C6)C5)C5CCCC543)c2=O)C1C(=O)O. The molecule has 1 N–H and O–H groups in total. The highest BCUT2D eigenvalue weighted by molar-refractivity contribution is 5.83. The second-order valence-corrected chi connectivity index (χ2v) is 13.4. The van der Waals surface area contributed by atoms with Gasteiger partial charge in [-0.15, -0.1) is 0 Å². The topological polar surface area (TPSA) is 87.9 Å². The smallest absolute Gasteiger partial charge is 0.329 e. The molecule has 3 heterocycles. The second-order valence-electron chi connectivity index (χ2n) is 13.4. The molecule has 1 aromatic carbocycles. The van der Waals surface area contributed by atoms with Crippen LogP contribution in [0, 0.1) is 17.3 Å². The van der Waals surface area contributed by atoms with Crippen molar-refractivity contribution in [3.8, 4) is 0 Å².